The Labute approximate surface area is 147 Å². The SMILES string of the molecule is CCOC(=O)CN(C)Cc1c2ccccc2c(C=O)c2ccccc12. The van der Waals surface area contributed by atoms with Crippen LogP contribution in [0.4, 0.5) is 0 Å². The number of ether oxygens (including phenoxy) is 1. The molecule has 3 aromatic carbocycles. The number of rotatable bonds is 6. The lowest BCUT2D eigenvalue weighted by Crippen LogP contribution is -2.27. The third-order valence-corrected chi connectivity index (χ3v) is 4.33. The van der Waals surface area contributed by atoms with Crippen LogP contribution in [-0.2, 0) is 16.1 Å². The maximum Gasteiger partial charge on any atom is 0.320 e. The van der Waals surface area contributed by atoms with Crippen molar-refractivity contribution in [2.75, 3.05) is 20.2 Å². The molecule has 0 heterocycles. The van der Waals surface area contributed by atoms with Crippen LogP contribution < -0.4 is 0 Å². The fourth-order valence-electron chi connectivity index (χ4n) is 3.30. The quantitative estimate of drug-likeness (QED) is 0.390. The molecule has 128 valence electrons. The van der Waals surface area contributed by atoms with Crippen LogP contribution in [0.3, 0.4) is 0 Å². The number of benzene rings is 3. The summed E-state index contributed by atoms with van der Waals surface area (Å²) in [4.78, 5) is 25.4. The highest BCUT2D eigenvalue weighted by Gasteiger charge is 2.15. The number of aldehydes is 1. The van der Waals surface area contributed by atoms with Gasteiger partial charge in [-0.2, -0.15) is 0 Å². The van der Waals surface area contributed by atoms with E-state index in [4.69, 9.17) is 4.74 Å². The van der Waals surface area contributed by atoms with E-state index in [1.165, 1.54) is 0 Å². The van der Waals surface area contributed by atoms with Gasteiger partial charge in [-0.25, -0.2) is 0 Å². The lowest BCUT2D eigenvalue weighted by molar-refractivity contribution is -0.144. The topological polar surface area (TPSA) is 46.6 Å². The lowest BCUT2D eigenvalue weighted by atomic mass is 9.92. The van der Waals surface area contributed by atoms with Gasteiger partial charge in [-0.15, -0.1) is 0 Å². The number of hydrogen-bond acceptors (Lipinski definition) is 4. The molecule has 0 aliphatic heterocycles. The normalized spacial score (nSPS) is 11.2. The predicted octanol–water partition coefficient (Wildman–Crippen LogP) is 3.80. The zero-order valence-electron chi connectivity index (χ0n) is 14.5. The number of hydrogen-bond donors (Lipinski definition) is 0. The van der Waals surface area contributed by atoms with E-state index in [1.807, 2.05) is 60.5 Å². The molecular weight excluding hydrogens is 314 g/mol. The Kier molecular flexibility index (Phi) is 5.10. The standard InChI is InChI=1S/C21H21NO3/c1-3-25-21(24)13-22(2)12-19-15-8-4-6-10-17(15)20(14-23)18-11-7-5-9-16(18)19/h4-11,14H,3,12-13H2,1-2H3. The Morgan fingerprint density at radius 1 is 1.00 bits per heavy atom. The van der Waals surface area contributed by atoms with Crippen molar-refractivity contribution in [3.63, 3.8) is 0 Å². The van der Waals surface area contributed by atoms with E-state index in [-0.39, 0.29) is 12.5 Å². The summed E-state index contributed by atoms with van der Waals surface area (Å²) >= 11 is 0. The summed E-state index contributed by atoms with van der Waals surface area (Å²) in [6.07, 6.45) is 0.927. The highest BCUT2D eigenvalue weighted by molar-refractivity contribution is 6.14. The largest absolute Gasteiger partial charge is 0.465 e. The highest BCUT2D eigenvalue weighted by atomic mass is 16.5. The average Bonchev–Trinajstić information content (AvgIpc) is 2.62. The third kappa shape index (κ3) is 3.39. The highest BCUT2D eigenvalue weighted by Crippen LogP contribution is 2.32. The van der Waals surface area contributed by atoms with E-state index in [1.54, 1.807) is 6.92 Å². The van der Waals surface area contributed by atoms with Crippen molar-refractivity contribution in [3.8, 4) is 0 Å². The fraction of sp³-hybridized carbons (Fsp3) is 0.238. The molecule has 0 saturated heterocycles. The molecule has 0 fully saturated rings. The molecule has 0 radical (unpaired) electrons. The molecule has 0 aliphatic carbocycles. The molecule has 0 bridgehead atoms. The van der Waals surface area contributed by atoms with Crippen LogP contribution in [0.2, 0.25) is 0 Å². The summed E-state index contributed by atoms with van der Waals surface area (Å²) in [7, 11) is 1.90. The van der Waals surface area contributed by atoms with Gasteiger partial charge in [-0.1, -0.05) is 48.5 Å². The van der Waals surface area contributed by atoms with Gasteiger partial charge >= 0.3 is 5.97 Å². The van der Waals surface area contributed by atoms with Gasteiger partial charge in [0.1, 0.15) is 0 Å². The molecule has 4 nitrogen and oxygen atoms in total. The van der Waals surface area contributed by atoms with Crippen molar-refractivity contribution in [2.24, 2.45) is 0 Å². The summed E-state index contributed by atoms with van der Waals surface area (Å²) < 4.78 is 5.03. The lowest BCUT2D eigenvalue weighted by Gasteiger charge is -2.20. The number of fused-ring (bicyclic) bond motifs is 2. The summed E-state index contributed by atoms with van der Waals surface area (Å²) in [6, 6.07) is 15.8. The summed E-state index contributed by atoms with van der Waals surface area (Å²) in [6.45, 7) is 3.01. The molecule has 0 aromatic heterocycles. The predicted molar refractivity (Wildman–Crippen MR) is 99.8 cm³/mol. The monoisotopic (exact) mass is 335 g/mol. The molecule has 3 aromatic rings. The molecular formula is C21H21NO3. The van der Waals surface area contributed by atoms with Crippen molar-refractivity contribution >= 4 is 33.8 Å². The Balaban J connectivity index is 2.12. The van der Waals surface area contributed by atoms with Crippen LogP contribution in [-0.4, -0.2) is 37.4 Å². The van der Waals surface area contributed by atoms with Crippen LogP contribution in [0.1, 0.15) is 22.8 Å². The van der Waals surface area contributed by atoms with Crippen LogP contribution in [0.5, 0.6) is 0 Å². The van der Waals surface area contributed by atoms with Gasteiger partial charge < -0.3 is 4.74 Å². The first-order valence-electron chi connectivity index (χ1n) is 8.37. The van der Waals surface area contributed by atoms with Crippen molar-refractivity contribution in [1.82, 2.24) is 4.90 Å². The second-order valence-electron chi connectivity index (χ2n) is 6.08. The van der Waals surface area contributed by atoms with Crippen LogP contribution in [0.15, 0.2) is 48.5 Å². The molecule has 3 rings (SSSR count). The van der Waals surface area contributed by atoms with Crippen LogP contribution in [0.25, 0.3) is 21.5 Å². The van der Waals surface area contributed by atoms with Crippen molar-refractivity contribution in [1.29, 1.82) is 0 Å². The van der Waals surface area contributed by atoms with Gasteiger partial charge in [0.2, 0.25) is 0 Å². The molecule has 0 N–H and O–H groups in total. The summed E-state index contributed by atoms with van der Waals surface area (Å²) in [5.74, 6) is -0.233. The van der Waals surface area contributed by atoms with E-state index < -0.39 is 0 Å². The van der Waals surface area contributed by atoms with Crippen molar-refractivity contribution in [3.05, 3.63) is 59.7 Å². The summed E-state index contributed by atoms with van der Waals surface area (Å²) in [5, 5.41) is 3.96. The molecule has 0 atom stereocenters. The Hall–Kier alpha value is -2.72. The Morgan fingerprint density at radius 2 is 1.52 bits per heavy atom. The van der Waals surface area contributed by atoms with Gasteiger partial charge in [-0.05, 0) is 41.1 Å². The third-order valence-electron chi connectivity index (χ3n) is 4.33. The maximum absolute atomic E-state index is 11.8. The molecule has 0 spiro atoms. The van der Waals surface area contributed by atoms with Gasteiger partial charge in [0.25, 0.3) is 0 Å². The van der Waals surface area contributed by atoms with E-state index in [0.29, 0.717) is 18.7 Å². The minimum absolute atomic E-state index is 0.228. The van der Waals surface area contributed by atoms with Crippen molar-refractivity contribution in [2.45, 2.75) is 13.5 Å². The smallest absolute Gasteiger partial charge is 0.320 e. The van der Waals surface area contributed by atoms with E-state index >= 15 is 0 Å². The number of carbonyl (C=O) groups is 2. The first-order chi connectivity index (χ1) is 12.2. The van der Waals surface area contributed by atoms with Gasteiger partial charge in [0.05, 0.1) is 13.2 Å². The molecule has 0 saturated carbocycles. The van der Waals surface area contributed by atoms with Crippen molar-refractivity contribution < 1.29 is 14.3 Å². The zero-order chi connectivity index (χ0) is 17.8. The van der Waals surface area contributed by atoms with E-state index in [2.05, 4.69) is 0 Å². The minimum Gasteiger partial charge on any atom is -0.465 e. The minimum atomic E-state index is -0.233. The first kappa shape index (κ1) is 17.1. The number of carbonyl (C=O) groups excluding carboxylic acids is 2. The number of likely N-dealkylation sites (N-methyl/N-ethyl adjacent to an activating group) is 1. The second-order valence-corrected chi connectivity index (χ2v) is 6.08. The summed E-state index contributed by atoms with van der Waals surface area (Å²) in [5.41, 5.74) is 1.83. The van der Waals surface area contributed by atoms with Crippen LogP contribution in [0, 0.1) is 0 Å². The van der Waals surface area contributed by atoms with Gasteiger partial charge in [0.15, 0.2) is 6.29 Å². The second kappa shape index (κ2) is 7.45. The van der Waals surface area contributed by atoms with E-state index in [9.17, 15) is 9.59 Å². The van der Waals surface area contributed by atoms with Gasteiger partial charge in [-0.3, -0.25) is 14.5 Å². The molecule has 0 amide bonds. The van der Waals surface area contributed by atoms with Crippen LogP contribution >= 0.6 is 0 Å². The number of nitrogens with zero attached hydrogens (tertiary/aromatic N) is 1. The zero-order valence-corrected chi connectivity index (χ0v) is 14.5. The van der Waals surface area contributed by atoms with E-state index in [0.717, 1.165) is 33.4 Å². The first-order valence-corrected chi connectivity index (χ1v) is 8.37. The molecule has 0 unspecified atom stereocenters. The average molecular weight is 335 g/mol. The molecule has 4 heteroatoms. The maximum atomic E-state index is 11.8. The molecule has 0 aliphatic rings. The Morgan fingerprint density at radius 3 is 2.00 bits per heavy atom. The van der Waals surface area contributed by atoms with Gasteiger partial charge in [0, 0.05) is 12.1 Å². The fourth-order valence-corrected chi connectivity index (χ4v) is 3.30. The number of esters is 1. The Bertz CT molecular complexity index is 876. The molecule has 25 heavy (non-hydrogen) atoms.